The maximum absolute atomic E-state index is 5.99. The van der Waals surface area contributed by atoms with E-state index in [1.54, 1.807) is 7.11 Å². The van der Waals surface area contributed by atoms with E-state index in [9.17, 15) is 0 Å². The van der Waals surface area contributed by atoms with Gasteiger partial charge in [-0.3, -0.25) is 4.57 Å². The minimum Gasteiger partial charge on any atom is -0.479 e. The van der Waals surface area contributed by atoms with Gasteiger partial charge in [-0.25, -0.2) is 9.97 Å². The van der Waals surface area contributed by atoms with Gasteiger partial charge in [-0.1, -0.05) is 13.3 Å². The molecule has 0 radical (unpaired) electrons. The van der Waals surface area contributed by atoms with Gasteiger partial charge in [0.05, 0.1) is 7.11 Å². The highest BCUT2D eigenvalue weighted by molar-refractivity contribution is 5.78. The first-order chi connectivity index (χ1) is 8.63. The summed E-state index contributed by atoms with van der Waals surface area (Å²) in [5.74, 6) is 0.959. The van der Waals surface area contributed by atoms with Crippen molar-refractivity contribution in [1.82, 2.24) is 19.5 Å². The van der Waals surface area contributed by atoms with E-state index in [0.717, 1.165) is 12.2 Å². The number of nitrogens with two attached hydrogens (primary N) is 1. The van der Waals surface area contributed by atoms with Gasteiger partial charge in [-0.2, -0.15) is 4.98 Å². The smallest absolute Gasteiger partial charge is 0.245 e. The molecule has 1 fully saturated rings. The van der Waals surface area contributed by atoms with Crippen LogP contribution in [0.3, 0.4) is 0 Å². The highest BCUT2D eigenvalue weighted by Gasteiger charge is 2.33. The molecule has 18 heavy (non-hydrogen) atoms. The van der Waals surface area contributed by atoms with Crippen LogP contribution < -0.4 is 10.5 Å². The van der Waals surface area contributed by atoms with Gasteiger partial charge in [0, 0.05) is 6.54 Å². The van der Waals surface area contributed by atoms with Crippen LogP contribution in [0.4, 0.5) is 5.95 Å². The van der Waals surface area contributed by atoms with Crippen LogP contribution in [-0.4, -0.2) is 26.6 Å². The van der Waals surface area contributed by atoms with E-state index >= 15 is 0 Å². The summed E-state index contributed by atoms with van der Waals surface area (Å²) in [4.78, 5) is 12.6. The molecule has 0 atom stereocenters. The van der Waals surface area contributed by atoms with Gasteiger partial charge in [0.25, 0.3) is 0 Å². The zero-order valence-corrected chi connectivity index (χ0v) is 10.7. The number of methoxy groups -OCH3 is 1. The van der Waals surface area contributed by atoms with Crippen molar-refractivity contribution in [1.29, 1.82) is 0 Å². The van der Waals surface area contributed by atoms with E-state index in [1.807, 2.05) is 4.57 Å². The fourth-order valence-electron chi connectivity index (χ4n) is 2.56. The molecule has 0 spiro atoms. The Hall–Kier alpha value is -1.85. The van der Waals surface area contributed by atoms with Gasteiger partial charge < -0.3 is 10.5 Å². The molecule has 3 rings (SSSR count). The van der Waals surface area contributed by atoms with Crippen molar-refractivity contribution in [2.24, 2.45) is 5.41 Å². The summed E-state index contributed by atoms with van der Waals surface area (Å²) in [5.41, 5.74) is 7.71. The number of fused-ring (bicyclic) bond motifs is 1. The average molecular weight is 247 g/mol. The number of hydrogen-bond acceptors (Lipinski definition) is 5. The first-order valence-electron chi connectivity index (χ1n) is 6.14. The molecule has 0 aromatic carbocycles. The first kappa shape index (κ1) is 11.3. The van der Waals surface area contributed by atoms with Gasteiger partial charge in [0.1, 0.15) is 6.33 Å². The predicted octanol–water partition coefficient (Wildman–Crippen LogP) is 1.61. The fourth-order valence-corrected chi connectivity index (χ4v) is 2.56. The summed E-state index contributed by atoms with van der Waals surface area (Å²) >= 11 is 0. The summed E-state index contributed by atoms with van der Waals surface area (Å²) in [6.45, 7) is 3.13. The molecule has 2 heterocycles. The summed E-state index contributed by atoms with van der Waals surface area (Å²) < 4.78 is 7.15. The molecule has 0 bridgehead atoms. The Morgan fingerprint density at radius 1 is 1.44 bits per heavy atom. The third-order valence-corrected chi connectivity index (χ3v) is 3.82. The Morgan fingerprint density at radius 2 is 2.22 bits per heavy atom. The third kappa shape index (κ3) is 1.60. The van der Waals surface area contributed by atoms with Crippen molar-refractivity contribution in [3.63, 3.8) is 0 Å². The van der Waals surface area contributed by atoms with Crippen LogP contribution in [0.1, 0.15) is 26.2 Å². The van der Waals surface area contributed by atoms with Gasteiger partial charge >= 0.3 is 0 Å². The normalized spacial score (nSPS) is 17.7. The van der Waals surface area contributed by atoms with E-state index in [2.05, 4.69) is 21.9 Å². The number of rotatable bonds is 3. The second-order valence-corrected chi connectivity index (χ2v) is 5.28. The minimum absolute atomic E-state index is 0.319. The monoisotopic (exact) mass is 247 g/mol. The Kier molecular flexibility index (Phi) is 2.39. The Bertz CT molecular complexity index is 587. The molecule has 0 aliphatic heterocycles. The Morgan fingerprint density at radius 3 is 2.83 bits per heavy atom. The first-order valence-corrected chi connectivity index (χ1v) is 6.14. The number of anilines is 1. The zero-order valence-electron chi connectivity index (χ0n) is 10.7. The Labute approximate surface area is 105 Å². The summed E-state index contributed by atoms with van der Waals surface area (Å²) in [7, 11) is 1.57. The number of imidazole rings is 1. The molecule has 2 N–H and O–H groups in total. The van der Waals surface area contributed by atoms with Crippen LogP contribution in [0.15, 0.2) is 6.33 Å². The second-order valence-electron chi connectivity index (χ2n) is 5.28. The number of nitrogen functional groups attached to an aromatic ring is 1. The largest absolute Gasteiger partial charge is 0.479 e. The average Bonchev–Trinajstić information content (AvgIpc) is 2.64. The molecule has 0 saturated heterocycles. The number of hydrogen-bond donors (Lipinski definition) is 1. The lowest BCUT2D eigenvalue weighted by Gasteiger charge is -2.38. The summed E-state index contributed by atoms with van der Waals surface area (Å²) in [6.07, 6.45) is 5.24. The molecule has 6 heteroatoms. The number of ether oxygens (including phenoxy) is 1. The van der Waals surface area contributed by atoms with Crippen LogP contribution in [-0.2, 0) is 6.54 Å². The lowest BCUT2D eigenvalue weighted by Crippen LogP contribution is -2.31. The quantitative estimate of drug-likeness (QED) is 0.891. The number of aromatic nitrogens is 4. The molecule has 0 amide bonds. The molecule has 1 saturated carbocycles. The van der Waals surface area contributed by atoms with Gasteiger partial charge in [-0.15, -0.1) is 0 Å². The summed E-state index contributed by atoms with van der Waals surface area (Å²) in [6, 6.07) is 0. The van der Waals surface area contributed by atoms with Crippen LogP contribution in [0.2, 0.25) is 0 Å². The van der Waals surface area contributed by atoms with Crippen LogP contribution in [0.25, 0.3) is 11.2 Å². The standard InChI is InChI=1S/C12H17N5O/c1-12(4-3-5-12)6-17-9-8(16-11(17)13)10(18-2)15-7-14-9/h7H,3-6H2,1-2H3,(H2,13,16). The van der Waals surface area contributed by atoms with Crippen LogP contribution in [0.5, 0.6) is 5.88 Å². The maximum atomic E-state index is 5.99. The van der Waals surface area contributed by atoms with Crippen molar-refractivity contribution < 1.29 is 4.74 Å². The van der Waals surface area contributed by atoms with Gasteiger partial charge in [0.2, 0.25) is 11.8 Å². The van der Waals surface area contributed by atoms with Crippen molar-refractivity contribution in [3.8, 4) is 5.88 Å². The molecule has 2 aromatic rings. The zero-order chi connectivity index (χ0) is 12.8. The molecular weight excluding hydrogens is 230 g/mol. The predicted molar refractivity (Wildman–Crippen MR) is 68.2 cm³/mol. The Balaban J connectivity index is 2.08. The van der Waals surface area contributed by atoms with Gasteiger partial charge in [-0.05, 0) is 18.3 Å². The van der Waals surface area contributed by atoms with Crippen molar-refractivity contribution in [3.05, 3.63) is 6.33 Å². The maximum Gasteiger partial charge on any atom is 0.245 e. The fraction of sp³-hybridized carbons (Fsp3) is 0.583. The topological polar surface area (TPSA) is 78.8 Å². The lowest BCUT2D eigenvalue weighted by atomic mass is 9.70. The van der Waals surface area contributed by atoms with E-state index in [-0.39, 0.29) is 0 Å². The van der Waals surface area contributed by atoms with E-state index in [1.165, 1.54) is 25.6 Å². The second kappa shape index (κ2) is 3.83. The van der Waals surface area contributed by atoms with Crippen LogP contribution in [0, 0.1) is 5.41 Å². The molecule has 96 valence electrons. The van der Waals surface area contributed by atoms with E-state index < -0.39 is 0 Å². The van der Waals surface area contributed by atoms with Crippen molar-refractivity contribution >= 4 is 17.1 Å². The highest BCUT2D eigenvalue weighted by atomic mass is 16.5. The minimum atomic E-state index is 0.319. The van der Waals surface area contributed by atoms with Crippen molar-refractivity contribution in [2.45, 2.75) is 32.7 Å². The van der Waals surface area contributed by atoms with E-state index in [4.69, 9.17) is 10.5 Å². The molecule has 6 nitrogen and oxygen atoms in total. The SMILES string of the molecule is COc1ncnc2c1nc(N)n2CC1(C)CCC1. The molecule has 0 unspecified atom stereocenters. The molecule has 1 aliphatic carbocycles. The highest BCUT2D eigenvalue weighted by Crippen LogP contribution is 2.42. The molecular formula is C12H17N5O. The lowest BCUT2D eigenvalue weighted by molar-refractivity contribution is 0.134. The molecule has 2 aromatic heterocycles. The van der Waals surface area contributed by atoms with E-state index in [0.29, 0.717) is 22.8 Å². The van der Waals surface area contributed by atoms with Gasteiger partial charge in [0.15, 0.2) is 11.2 Å². The third-order valence-electron chi connectivity index (χ3n) is 3.82. The van der Waals surface area contributed by atoms with Crippen LogP contribution >= 0.6 is 0 Å². The molecule has 1 aliphatic rings. The number of nitrogens with zero attached hydrogens (tertiary/aromatic N) is 4. The van der Waals surface area contributed by atoms with Crippen molar-refractivity contribution in [2.75, 3.05) is 12.8 Å². The summed E-state index contributed by atoms with van der Waals surface area (Å²) in [5, 5.41) is 0.